The van der Waals surface area contributed by atoms with Crippen molar-refractivity contribution in [1.29, 1.82) is 0 Å². The number of imidazole rings is 1. The SMILES string of the molecule is COc1ccc(CCC(=O)N2CCCC2c2nc3ccccc3n2C)cc1. The van der Waals surface area contributed by atoms with Gasteiger partial charge in [-0.3, -0.25) is 4.79 Å². The molecule has 0 saturated carbocycles. The van der Waals surface area contributed by atoms with Crippen molar-refractivity contribution in [1.82, 2.24) is 14.5 Å². The maximum absolute atomic E-state index is 12.9. The molecule has 0 N–H and O–H groups in total. The number of benzene rings is 2. The van der Waals surface area contributed by atoms with Gasteiger partial charge in [0.05, 0.1) is 24.2 Å². The first-order chi connectivity index (χ1) is 13.2. The van der Waals surface area contributed by atoms with Gasteiger partial charge in [0.15, 0.2) is 0 Å². The van der Waals surface area contributed by atoms with E-state index in [1.54, 1.807) is 7.11 Å². The van der Waals surface area contributed by atoms with Gasteiger partial charge in [-0.1, -0.05) is 24.3 Å². The van der Waals surface area contributed by atoms with Gasteiger partial charge in [0.25, 0.3) is 0 Å². The fourth-order valence-corrected chi connectivity index (χ4v) is 3.98. The van der Waals surface area contributed by atoms with Gasteiger partial charge in [-0.15, -0.1) is 0 Å². The average Bonchev–Trinajstić information content (AvgIpc) is 3.31. The molecule has 0 radical (unpaired) electrons. The molecule has 1 atom stereocenters. The molecule has 1 fully saturated rings. The van der Waals surface area contributed by atoms with Crippen LogP contribution in [-0.2, 0) is 18.3 Å². The van der Waals surface area contributed by atoms with Crippen LogP contribution in [0.5, 0.6) is 5.75 Å². The van der Waals surface area contributed by atoms with Crippen LogP contribution in [-0.4, -0.2) is 34.0 Å². The highest BCUT2D eigenvalue weighted by molar-refractivity contribution is 5.78. The van der Waals surface area contributed by atoms with E-state index in [2.05, 4.69) is 10.6 Å². The van der Waals surface area contributed by atoms with Crippen molar-refractivity contribution in [2.45, 2.75) is 31.7 Å². The largest absolute Gasteiger partial charge is 0.497 e. The van der Waals surface area contributed by atoms with E-state index >= 15 is 0 Å². The molecule has 1 aliphatic heterocycles. The van der Waals surface area contributed by atoms with E-state index in [4.69, 9.17) is 9.72 Å². The molecule has 2 aromatic carbocycles. The molecular weight excluding hydrogens is 338 g/mol. The van der Waals surface area contributed by atoms with Crippen molar-refractivity contribution in [3.63, 3.8) is 0 Å². The summed E-state index contributed by atoms with van der Waals surface area (Å²) in [6.45, 7) is 0.815. The molecule has 140 valence electrons. The molecule has 1 aromatic heterocycles. The Hall–Kier alpha value is -2.82. The zero-order valence-electron chi connectivity index (χ0n) is 15.9. The molecule has 4 rings (SSSR count). The second-order valence-electron chi connectivity index (χ2n) is 7.11. The Kier molecular flexibility index (Phi) is 4.84. The summed E-state index contributed by atoms with van der Waals surface area (Å²) in [6, 6.07) is 16.2. The number of aromatic nitrogens is 2. The molecule has 1 saturated heterocycles. The van der Waals surface area contributed by atoms with Gasteiger partial charge in [0.2, 0.25) is 5.91 Å². The zero-order chi connectivity index (χ0) is 18.8. The average molecular weight is 363 g/mol. The van der Waals surface area contributed by atoms with Crippen LogP contribution < -0.4 is 4.74 Å². The zero-order valence-corrected chi connectivity index (χ0v) is 15.9. The Balaban J connectivity index is 1.48. The summed E-state index contributed by atoms with van der Waals surface area (Å²) in [6.07, 6.45) is 3.27. The normalized spacial score (nSPS) is 16.8. The number of hydrogen-bond donors (Lipinski definition) is 0. The third-order valence-corrected chi connectivity index (χ3v) is 5.48. The van der Waals surface area contributed by atoms with E-state index in [-0.39, 0.29) is 11.9 Å². The first-order valence-corrected chi connectivity index (χ1v) is 9.51. The lowest BCUT2D eigenvalue weighted by Crippen LogP contribution is -2.32. The van der Waals surface area contributed by atoms with Crippen LogP contribution in [0.25, 0.3) is 11.0 Å². The Morgan fingerprint density at radius 3 is 2.70 bits per heavy atom. The van der Waals surface area contributed by atoms with Crippen LogP contribution in [0, 0.1) is 0 Å². The van der Waals surface area contributed by atoms with Crippen LogP contribution >= 0.6 is 0 Å². The van der Waals surface area contributed by atoms with Crippen molar-refractivity contribution in [2.24, 2.45) is 7.05 Å². The number of methoxy groups -OCH3 is 1. The third-order valence-electron chi connectivity index (χ3n) is 5.48. The number of aryl methyl sites for hydroxylation is 2. The first-order valence-electron chi connectivity index (χ1n) is 9.51. The van der Waals surface area contributed by atoms with Gasteiger partial charge in [-0.2, -0.15) is 0 Å². The molecule has 0 bridgehead atoms. The number of hydrogen-bond acceptors (Lipinski definition) is 3. The van der Waals surface area contributed by atoms with Crippen LogP contribution in [0.2, 0.25) is 0 Å². The van der Waals surface area contributed by atoms with Crippen molar-refractivity contribution >= 4 is 16.9 Å². The minimum absolute atomic E-state index is 0.0748. The number of carbonyl (C=O) groups excluding carboxylic acids is 1. The van der Waals surface area contributed by atoms with E-state index in [0.717, 1.165) is 54.0 Å². The van der Waals surface area contributed by atoms with Crippen molar-refractivity contribution in [3.05, 3.63) is 59.9 Å². The minimum atomic E-state index is 0.0748. The predicted molar refractivity (Wildman–Crippen MR) is 106 cm³/mol. The van der Waals surface area contributed by atoms with E-state index in [1.165, 1.54) is 0 Å². The summed E-state index contributed by atoms with van der Waals surface area (Å²) in [5, 5.41) is 0. The van der Waals surface area contributed by atoms with Crippen LogP contribution in [0.3, 0.4) is 0 Å². The summed E-state index contributed by atoms with van der Waals surface area (Å²) < 4.78 is 7.32. The molecule has 3 aromatic rings. The lowest BCUT2D eigenvalue weighted by molar-refractivity contribution is -0.132. The van der Waals surface area contributed by atoms with Crippen LogP contribution in [0.1, 0.15) is 36.7 Å². The van der Waals surface area contributed by atoms with Crippen LogP contribution in [0.15, 0.2) is 48.5 Å². The molecule has 2 heterocycles. The number of amides is 1. The fraction of sp³-hybridized carbons (Fsp3) is 0.364. The Labute approximate surface area is 159 Å². The molecule has 5 heteroatoms. The van der Waals surface area contributed by atoms with Gasteiger partial charge in [-0.25, -0.2) is 4.98 Å². The number of rotatable bonds is 5. The smallest absolute Gasteiger partial charge is 0.223 e. The summed E-state index contributed by atoms with van der Waals surface area (Å²) in [5.41, 5.74) is 3.26. The summed E-state index contributed by atoms with van der Waals surface area (Å²) in [7, 11) is 3.70. The fourth-order valence-electron chi connectivity index (χ4n) is 3.98. The second-order valence-corrected chi connectivity index (χ2v) is 7.11. The maximum Gasteiger partial charge on any atom is 0.223 e. The highest BCUT2D eigenvalue weighted by atomic mass is 16.5. The van der Waals surface area contributed by atoms with Gasteiger partial charge >= 0.3 is 0 Å². The van der Waals surface area contributed by atoms with Crippen molar-refractivity contribution in [2.75, 3.05) is 13.7 Å². The number of ether oxygens (including phenoxy) is 1. The molecular formula is C22H25N3O2. The first kappa shape index (κ1) is 17.6. The van der Waals surface area contributed by atoms with E-state index in [1.807, 2.05) is 54.4 Å². The van der Waals surface area contributed by atoms with E-state index in [9.17, 15) is 4.79 Å². The molecule has 0 spiro atoms. The minimum Gasteiger partial charge on any atom is -0.497 e. The number of nitrogens with zero attached hydrogens (tertiary/aromatic N) is 3. The van der Waals surface area contributed by atoms with E-state index < -0.39 is 0 Å². The summed E-state index contributed by atoms with van der Waals surface area (Å²) >= 11 is 0. The molecule has 1 aliphatic rings. The molecule has 1 unspecified atom stereocenters. The topological polar surface area (TPSA) is 47.4 Å². The maximum atomic E-state index is 12.9. The second kappa shape index (κ2) is 7.43. The molecule has 5 nitrogen and oxygen atoms in total. The van der Waals surface area contributed by atoms with Gasteiger partial charge < -0.3 is 14.2 Å². The number of likely N-dealkylation sites (tertiary alicyclic amines) is 1. The molecule has 27 heavy (non-hydrogen) atoms. The van der Waals surface area contributed by atoms with Gasteiger partial charge in [0, 0.05) is 20.0 Å². The monoisotopic (exact) mass is 363 g/mol. The summed E-state index contributed by atoms with van der Waals surface area (Å²) in [4.78, 5) is 19.8. The quantitative estimate of drug-likeness (QED) is 0.691. The van der Waals surface area contributed by atoms with E-state index in [0.29, 0.717) is 6.42 Å². The van der Waals surface area contributed by atoms with Crippen molar-refractivity contribution in [3.8, 4) is 5.75 Å². The number of fused-ring (bicyclic) bond motifs is 1. The molecule has 0 aliphatic carbocycles. The lowest BCUT2D eigenvalue weighted by Gasteiger charge is -2.24. The highest BCUT2D eigenvalue weighted by Gasteiger charge is 2.32. The highest BCUT2D eigenvalue weighted by Crippen LogP contribution is 2.33. The number of para-hydroxylation sites is 2. The standard InChI is InChI=1S/C22H25N3O2/c1-24-19-7-4-3-6-18(19)23-22(24)20-8-5-15-25(20)21(26)14-11-16-9-12-17(27-2)13-10-16/h3-4,6-7,9-10,12-13,20H,5,8,11,14-15H2,1-2H3. The van der Waals surface area contributed by atoms with Gasteiger partial charge in [-0.05, 0) is 49.1 Å². The number of carbonyl (C=O) groups is 1. The Morgan fingerprint density at radius 2 is 1.96 bits per heavy atom. The third kappa shape index (κ3) is 3.42. The van der Waals surface area contributed by atoms with Crippen LogP contribution in [0.4, 0.5) is 0 Å². The van der Waals surface area contributed by atoms with Gasteiger partial charge in [0.1, 0.15) is 11.6 Å². The lowest BCUT2D eigenvalue weighted by atomic mass is 10.1. The van der Waals surface area contributed by atoms with Crippen molar-refractivity contribution < 1.29 is 9.53 Å². The molecule has 1 amide bonds. The summed E-state index contributed by atoms with van der Waals surface area (Å²) in [5.74, 6) is 2.04. The Bertz CT molecular complexity index is 946. The predicted octanol–water partition coefficient (Wildman–Crippen LogP) is 3.88. The Morgan fingerprint density at radius 1 is 1.19 bits per heavy atom.